The van der Waals surface area contributed by atoms with Crippen LogP contribution in [0.5, 0.6) is 0 Å². The molecule has 2 heterocycles. The minimum atomic E-state index is 0.685. The molecule has 0 radical (unpaired) electrons. The molecular weight excluding hydrogens is 232 g/mol. The van der Waals surface area contributed by atoms with Gasteiger partial charge in [0.15, 0.2) is 0 Å². The highest BCUT2D eigenvalue weighted by molar-refractivity contribution is 5.63. The number of hydrogen-bond donors (Lipinski definition) is 0. The molecule has 0 amide bonds. The first-order valence-electron chi connectivity index (χ1n) is 7.12. The highest BCUT2D eigenvalue weighted by Gasteiger charge is 2.20. The van der Waals surface area contributed by atoms with Gasteiger partial charge >= 0.3 is 0 Å². The number of pyridine rings is 2. The topological polar surface area (TPSA) is 25.8 Å². The summed E-state index contributed by atoms with van der Waals surface area (Å²) in [5.41, 5.74) is 6.16. The quantitative estimate of drug-likeness (QED) is 0.790. The maximum absolute atomic E-state index is 4.74. The van der Waals surface area contributed by atoms with E-state index in [0.29, 0.717) is 5.92 Å². The number of nitrogens with zero attached hydrogens (tertiary/aromatic N) is 2. The Labute approximate surface area is 114 Å². The van der Waals surface area contributed by atoms with Crippen molar-refractivity contribution in [2.24, 2.45) is 0 Å². The second kappa shape index (κ2) is 5.12. The second-order valence-corrected chi connectivity index (χ2v) is 5.66. The Balaban J connectivity index is 1.94. The van der Waals surface area contributed by atoms with Gasteiger partial charge in [0.1, 0.15) is 0 Å². The molecule has 3 rings (SSSR count). The molecule has 0 unspecified atom stereocenters. The SMILES string of the molecule is Cc1cncc(-c2cnc(C3CCCC3)c(C)c2)c1. The maximum Gasteiger partial charge on any atom is 0.0464 e. The molecule has 1 aliphatic carbocycles. The van der Waals surface area contributed by atoms with Crippen molar-refractivity contribution >= 4 is 0 Å². The Hall–Kier alpha value is -1.70. The van der Waals surface area contributed by atoms with Crippen LogP contribution in [0.3, 0.4) is 0 Å². The first kappa shape index (κ1) is 12.3. The summed E-state index contributed by atoms with van der Waals surface area (Å²) in [6.45, 7) is 4.26. The molecule has 0 aliphatic heterocycles. The normalized spacial score (nSPS) is 15.9. The average molecular weight is 252 g/mol. The molecular formula is C17H20N2. The van der Waals surface area contributed by atoms with E-state index in [2.05, 4.69) is 31.0 Å². The van der Waals surface area contributed by atoms with Crippen LogP contribution in [0.15, 0.2) is 30.7 Å². The van der Waals surface area contributed by atoms with Crippen molar-refractivity contribution in [3.8, 4) is 11.1 Å². The van der Waals surface area contributed by atoms with E-state index in [-0.39, 0.29) is 0 Å². The van der Waals surface area contributed by atoms with Gasteiger partial charge in [-0.25, -0.2) is 0 Å². The lowest BCUT2D eigenvalue weighted by atomic mass is 9.97. The van der Waals surface area contributed by atoms with Crippen LogP contribution < -0.4 is 0 Å². The van der Waals surface area contributed by atoms with Crippen molar-refractivity contribution < 1.29 is 0 Å². The molecule has 19 heavy (non-hydrogen) atoms. The van der Waals surface area contributed by atoms with Gasteiger partial charge in [0.05, 0.1) is 0 Å². The minimum absolute atomic E-state index is 0.685. The van der Waals surface area contributed by atoms with E-state index in [9.17, 15) is 0 Å². The highest BCUT2D eigenvalue weighted by Crippen LogP contribution is 2.35. The van der Waals surface area contributed by atoms with E-state index >= 15 is 0 Å². The highest BCUT2D eigenvalue weighted by atomic mass is 14.7. The zero-order chi connectivity index (χ0) is 13.2. The average Bonchev–Trinajstić information content (AvgIpc) is 2.92. The van der Waals surface area contributed by atoms with Gasteiger partial charge in [-0.15, -0.1) is 0 Å². The van der Waals surface area contributed by atoms with Gasteiger partial charge in [0.25, 0.3) is 0 Å². The summed E-state index contributed by atoms with van der Waals surface area (Å²) in [7, 11) is 0. The summed E-state index contributed by atoms with van der Waals surface area (Å²) in [4.78, 5) is 9.00. The van der Waals surface area contributed by atoms with Gasteiger partial charge in [-0.2, -0.15) is 0 Å². The zero-order valence-corrected chi connectivity index (χ0v) is 11.7. The molecule has 2 heteroatoms. The fourth-order valence-electron chi connectivity index (χ4n) is 3.08. The molecule has 0 aromatic carbocycles. The van der Waals surface area contributed by atoms with Crippen LogP contribution in [-0.4, -0.2) is 9.97 Å². The van der Waals surface area contributed by atoms with Crippen molar-refractivity contribution in [2.45, 2.75) is 45.4 Å². The Morgan fingerprint density at radius 2 is 1.68 bits per heavy atom. The Kier molecular flexibility index (Phi) is 3.33. The predicted octanol–water partition coefficient (Wildman–Crippen LogP) is 4.42. The third-order valence-electron chi connectivity index (χ3n) is 4.07. The van der Waals surface area contributed by atoms with Crippen molar-refractivity contribution in [3.05, 3.63) is 47.5 Å². The van der Waals surface area contributed by atoms with Gasteiger partial charge in [-0.3, -0.25) is 9.97 Å². The number of rotatable bonds is 2. The summed E-state index contributed by atoms with van der Waals surface area (Å²) >= 11 is 0. The Morgan fingerprint density at radius 1 is 0.947 bits per heavy atom. The first-order valence-corrected chi connectivity index (χ1v) is 7.12. The summed E-state index contributed by atoms with van der Waals surface area (Å²) in [5, 5.41) is 0. The molecule has 0 atom stereocenters. The van der Waals surface area contributed by atoms with Crippen LogP contribution in [0, 0.1) is 13.8 Å². The smallest absolute Gasteiger partial charge is 0.0464 e. The molecule has 1 aliphatic rings. The molecule has 1 saturated carbocycles. The largest absolute Gasteiger partial charge is 0.264 e. The number of aryl methyl sites for hydroxylation is 2. The molecule has 0 N–H and O–H groups in total. The summed E-state index contributed by atoms with van der Waals surface area (Å²) in [6.07, 6.45) is 11.1. The fourth-order valence-corrected chi connectivity index (χ4v) is 3.08. The molecule has 2 aromatic rings. The van der Waals surface area contributed by atoms with E-state index in [1.54, 1.807) is 0 Å². The Bertz CT molecular complexity index is 584. The van der Waals surface area contributed by atoms with Crippen LogP contribution in [0.1, 0.15) is 48.4 Å². The van der Waals surface area contributed by atoms with Crippen molar-refractivity contribution in [1.82, 2.24) is 9.97 Å². The number of hydrogen-bond acceptors (Lipinski definition) is 2. The molecule has 0 bridgehead atoms. The number of aromatic nitrogens is 2. The van der Waals surface area contributed by atoms with Gasteiger partial charge in [-0.05, 0) is 49.9 Å². The van der Waals surface area contributed by atoms with E-state index in [4.69, 9.17) is 4.98 Å². The lowest BCUT2D eigenvalue weighted by Gasteiger charge is -2.13. The van der Waals surface area contributed by atoms with Gasteiger partial charge < -0.3 is 0 Å². The van der Waals surface area contributed by atoms with Crippen molar-refractivity contribution in [1.29, 1.82) is 0 Å². The summed E-state index contributed by atoms with van der Waals surface area (Å²) < 4.78 is 0. The molecule has 0 saturated heterocycles. The Morgan fingerprint density at radius 3 is 2.37 bits per heavy atom. The van der Waals surface area contributed by atoms with Crippen LogP contribution >= 0.6 is 0 Å². The maximum atomic E-state index is 4.74. The predicted molar refractivity (Wildman–Crippen MR) is 78.2 cm³/mol. The van der Waals surface area contributed by atoms with Crippen LogP contribution in [-0.2, 0) is 0 Å². The van der Waals surface area contributed by atoms with Gasteiger partial charge in [-0.1, -0.05) is 12.8 Å². The summed E-state index contributed by atoms with van der Waals surface area (Å²) in [5.74, 6) is 0.685. The lowest BCUT2D eigenvalue weighted by Crippen LogP contribution is -2.00. The van der Waals surface area contributed by atoms with E-state index < -0.39 is 0 Å². The summed E-state index contributed by atoms with van der Waals surface area (Å²) in [6, 6.07) is 4.43. The monoisotopic (exact) mass is 252 g/mol. The van der Waals surface area contributed by atoms with Crippen LogP contribution in [0.4, 0.5) is 0 Å². The van der Waals surface area contributed by atoms with Gasteiger partial charge in [0.2, 0.25) is 0 Å². The van der Waals surface area contributed by atoms with Crippen molar-refractivity contribution in [2.75, 3.05) is 0 Å². The molecule has 1 fully saturated rings. The fraction of sp³-hybridized carbons (Fsp3) is 0.412. The zero-order valence-electron chi connectivity index (χ0n) is 11.7. The molecule has 2 aromatic heterocycles. The standard InChI is InChI=1S/C17H20N2/c1-12-7-15(10-18-9-12)16-8-13(2)17(19-11-16)14-5-3-4-6-14/h7-11,14H,3-6H2,1-2H3. The first-order chi connectivity index (χ1) is 9.24. The second-order valence-electron chi connectivity index (χ2n) is 5.66. The lowest BCUT2D eigenvalue weighted by molar-refractivity contribution is 0.691. The minimum Gasteiger partial charge on any atom is -0.264 e. The van der Waals surface area contributed by atoms with Crippen molar-refractivity contribution in [3.63, 3.8) is 0 Å². The van der Waals surface area contributed by atoms with Crippen LogP contribution in [0.25, 0.3) is 11.1 Å². The third kappa shape index (κ3) is 2.53. The molecule has 98 valence electrons. The van der Waals surface area contributed by atoms with E-state index in [1.165, 1.54) is 48.1 Å². The third-order valence-corrected chi connectivity index (χ3v) is 4.07. The van der Waals surface area contributed by atoms with Crippen LogP contribution in [0.2, 0.25) is 0 Å². The van der Waals surface area contributed by atoms with E-state index in [1.807, 2.05) is 18.6 Å². The van der Waals surface area contributed by atoms with E-state index in [0.717, 1.165) is 5.56 Å². The molecule has 0 spiro atoms. The van der Waals surface area contributed by atoms with Gasteiger partial charge in [0, 0.05) is 41.3 Å². The molecule has 2 nitrogen and oxygen atoms in total.